The lowest BCUT2D eigenvalue weighted by atomic mass is 10.1. The lowest BCUT2D eigenvalue weighted by molar-refractivity contribution is -0.385. The molecule has 8 nitrogen and oxygen atoms in total. The van der Waals surface area contributed by atoms with Crippen LogP contribution in [-0.4, -0.2) is 35.6 Å². The van der Waals surface area contributed by atoms with Crippen LogP contribution in [0.2, 0.25) is 5.02 Å². The first-order valence-electron chi connectivity index (χ1n) is 5.90. The quantitative estimate of drug-likeness (QED) is 0.514. The number of phenols is 1. The van der Waals surface area contributed by atoms with E-state index in [1.807, 2.05) is 0 Å². The molecule has 1 aromatic carbocycles. The van der Waals surface area contributed by atoms with E-state index in [0.29, 0.717) is 0 Å². The number of nitrogens with zero attached hydrogens (tertiary/aromatic N) is 2. The van der Waals surface area contributed by atoms with Crippen molar-refractivity contribution < 1.29 is 24.4 Å². The van der Waals surface area contributed by atoms with E-state index in [0.717, 1.165) is 11.0 Å². The summed E-state index contributed by atoms with van der Waals surface area (Å²) in [5.74, 6) is -2.35. The van der Waals surface area contributed by atoms with Gasteiger partial charge < -0.3 is 14.7 Å². The van der Waals surface area contributed by atoms with E-state index >= 15 is 0 Å². The fourth-order valence-corrected chi connectivity index (χ4v) is 2.39. The van der Waals surface area contributed by atoms with Crippen LogP contribution < -0.4 is 4.90 Å². The zero-order chi connectivity index (χ0) is 15.7. The number of aromatic hydroxyl groups is 1. The molecular formula is C12H11ClN2O6. The van der Waals surface area contributed by atoms with Crippen molar-refractivity contribution in [2.75, 3.05) is 18.6 Å². The molecule has 1 heterocycles. The van der Waals surface area contributed by atoms with Crippen LogP contribution in [0.3, 0.4) is 0 Å². The van der Waals surface area contributed by atoms with Gasteiger partial charge >= 0.3 is 11.7 Å². The average molecular weight is 315 g/mol. The van der Waals surface area contributed by atoms with Crippen LogP contribution in [0, 0.1) is 16.0 Å². The number of hydrogen-bond acceptors (Lipinski definition) is 6. The summed E-state index contributed by atoms with van der Waals surface area (Å²) < 4.78 is 4.57. The molecule has 21 heavy (non-hydrogen) atoms. The second kappa shape index (κ2) is 5.57. The second-order valence-electron chi connectivity index (χ2n) is 4.48. The van der Waals surface area contributed by atoms with Gasteiger partial charge in [0.2, 0.25) is 11.7 Å². The summed E-state index contributed by atoms with van der Waals surface area (Å²) in [4.78, 5) is 34.6. The standard InChI is InChI=1S/C12H11ClN2O6/c1-21-12(18)6-2-10(16)14(5-6)8-3-7(13)4-9(11(8)17)15(19)20/h3-4,6,17H,2,5H2,1H3. The lowest BCUT2D eigenvalue weighted by Crippen LogP contribution is -2.26. The number of anilines is 1. The van der Waals surface area contributed by atoms with Crippen LogP contribution in [0.1, 0.15) is 6.42 Å². The number of phenolic OH excluding ortho intramolecular Hbond substituents is 1. The van der Waals surface area contributed by atoms with Crippen molar-refractivity contribution in [3.05, 3.63) is 27.3 Å². The summed E-state index contributed by atoms with van der Waals surface area (Å²) in [6.07, 6.45) is -0.0908. The number of amides is 1. The number of nitro groups is 1. The smallest absolute Gasteiger partial charge is 0.314 e. The average Bonchev–Trinajstić information content (AvgIpc) is 2.81. The van der Waals surface area contributed by atoms with Crippen LogP contribution in [0.25, 0.3) is 0 Å². The number of halogens is 1. The SMILES string of the molecule is COC(=O)C1CC(=O)N(c2cc(Cl)cc([N+](=O)[O-])c2O)C1. The van der Waals surface area contributed by atoms with Crippen molar-refractivity contribution in [1.82, 2.24) is 0 Å². The van der Waals surface area contributed by atoms with Crippen LogP contribution in [0.4, 0.5) is 11.4 Å². The third kappa shape index (κ3) is 2.75. The highest BCUT2D eigenvalue weighted by atomic mass is 35.5. The van der Waals surface area contributed by atoms with Crippen LogP contribution in [0.15, 0.2) is 12.1 Å². The largest absolute Gasteiger partial charge is 0.501 e. The lowest BCUT2D eigenvalue weighted by Gasteiger charge is -2.17. The van der Waals surface area contributed by atoms with Gasteiger partial charge in [-0.3, -0.25) is 19.7 Å². The molecule has 1 aliphatic rings. The van der Waals surface area contributed by atoms with Crippen LogP contribution in [-0.2, 0) is 14.3 Å². The van der Waals surface area contributed by atoms with Gasteiger partial charge in [-0.1, -0.05) is 11.6 Å². The van der Waals surface area contributed by atoms with E-state index in [-0.39, 0.29) is 23.7 Å². The Morgan fingerprint density at radius 3 is 2.81 bits per heavy atom. The number of carbonyl (C=O) groups excluding carboxylic acids is 2. The van der Waals surface area contributed by atoms with Crippen molar-refractivity contribution >= 4 is 34.9 Å². The van der Waals surface area contributed by atoms with Crippen LogP contribution in [0.5, 0.6) is 5.75 Å². The summed E-state index contributed by atoms with van der Waals surface area (Å²) in [5.41, 5.74) is -0.697. The zero-order valence-corrected chi connectivity index (χ0v) is 11.7. The van der Waals surface area contributed by atoms with E-state index < -0.39 is 34.2 Å². The Kier molecular flexibility index (Phi) is 3.99. The van der Waals surface area contributed by atoms with Gasteiger partial charge in [0.25, 0.3) is 0 Å². The highest BCUT2D eigenvalue weighted by Gasteiger charge is 2.38. The molecule has 0 aromatic heterocycles. The Bertz CT molecular complexity index is 632. The highest BCUT2D eigenvalue weighted by Crippen LogP contribution is 2.41. The monoisotopic (exact) mass is 314 g/mol. The molecule has 2 rings (SSSR count). The second-order valence-corrected chi connectivity index (χ2v) is 4.91. The number of esters is 1. The number of carbonyl (C=O) groups is 2. The highest BCUT2D eigenvalue weighted by molar-refractivity contribution is 6.31. The molecule has 1 N–H and O–H groups in total. The maximum absolute atomic E-state index is 11.9. The van der Waals surface area contributed by atoms with E-state index in [4.69, 9.17) is 11.6 Å². The number of rotatable bonds is 3. The Labute approximate surface area is 124 Å². The number of hydrogen-bond donors (Lipinski definition) is 1. The number of nitro benzene ring substituents is 1. The molecule has 9 heteroatoms. The van der Waals surface area contributed by atoms with Gasteiger partial charge in [0, 0.05) is 24.1 Å². The van der Waals surface area contributed by atoms with Gasteiger partial charge in [0.05, 0.1) is 23.6 Å². The fourth-order valence-electron chi connectivity index (χ4n) is 2.18. The minimum Gasteiger partial charge on any atom is -0.501 e. The predicted octanol–water partition coefficient (Wildman–Crippen LogP) is 1.48. The molecule has 1 unspecified atom stereocenters. The Morgan fingerprint density at radius 1 is 1.57 bits per heavy atom. The molecule has 1 aliphatic heterocycles. The summed E-state index contributed by atoms with van der Waals surface area (Å²) in [5, 5.41) is 20.8. The molecule has 0 aliphatic carbocycles. The molecule has 1 aromatic rings. The van der Waals surface area contributed by atoms with Crippen LogP contribution >= 0.6 is 11.6 Å². The first kappa shape index (κ1) is 15.0. The number of benzene rings is 1. The Morgan fingerprint density at radius 2 is 2.24 bits per heavy atom. The normalized spacial score (nSPS) is 17.9. The summed E-state index contributed by atoms with van der Waals surface area (Å²) in [7, 11) is 1.21. The molecule has 1 amide bonds. The van der Waals surface area contributed by atoms with Gasteiger partial charge in [0.15, 0.2) is 0 Å². The van der Waals surface area contributed by atoms with Crippen molar-refractivity contribution in [2.24, 2.45) is 5.92 Å². The first-order valence-corrected chi connectivity index (χ1v) is 6.28. The van der Waals surface area contributed by atoms with Gasteiger partial charge in [-0.2, -0.15) is 0 Å². The molecule has 0 spiro atoms. The molecule has 0 bridgehead atoms. The van der Waals surface area contributed by atoms with Crippen molar-refractivity contribution in [2.45, 2.75) is 6.42 Å². The predicted molar refractivity (Wildman–Crippen MR) is 72.2 cm³/mol. The Balaban J connectivity index is 2.41. The molecule has 0 radical (unpaired) electrons. The van der Waals surface area contributed by atoms with Gasteiger partial charge in [0.1, 0.15) is 0 Å². The van der Waals surface area contributed by atoms with Crippen molar-refractivity contribution in [1.29, 1.82) is 0 Å². The molecule has 1 fully saturated rings. The van der Waals surface area contributed by atoms with E-state index in [1.165, 1.54) is 13.2 Å². The summed E-state index contributed by atoms with van der Waals surface area (Å²) in [6.45, 7) is -0.0312. The molecule has 0 saturated carbocycles. The number of ether oxygens (including phenoxy) is 1. The third-order valence-corrected chi connectivity index (χ3v) is 3.40. The Hall–Kier alpha value is -2.35. The van der Waals surface area contributed by atoms with Crippen molar-refractivity contribution in [3.8, 4) is 5.75 Å². The van der Waals surface area contributed by atoms with Gasteiger partial charge in [-0.25, -0.2) is 0 Å². The summed E-state index contributed by atoms with van der Waals surface area (Å²) >= 11 is 5.77. The third-order valence-electron chi connectivity index (χ3n) is 3.18. The van der Waals surface area contributed by atoms with E-state index in [9.17, 15) is 24.8 Å². The van der Waals surface area contributed by atoms with Gasteiger partial charge in [-0.15, -0.1) is 0 Å². The van der Waals surface area contributed by atoms with E-state index in [2.05, 4.69) is 4.74 Å². The molecule has 1 atom stereocenters. The summed E-state index contributed by atoms with van der Waals surface area (Å²) in [6, 6.07) is 2.22. The molecule has 1 saturated heterocycles. The molecule has 112 valence electrons. The minimum atomic E-state index is -0.803. The maximum Gasteiger partial charge on any atom is 0.314 e. The number of methoxy groups -OCH3 is 1. The fraction of sp³-hybridized carbons (Fsp3) is 0.333. The van der Waals surface area contributed by atoms with Crippen molar-refractivity contribution in [3.63, 3.8) is 0 Å². The molecular weight excluding hydrogens is 304 g/mol. The first-order chi connectivity index (χ1) is 9.85. The minimum absolute atomic E-state index is 0.00354. The maximum atomic E-state index is 11.9. The topological polar surface area (TPSA) is 110 Å². The van der Waals surface area contributed by atoms with E-state index in [1.54, 1.807) is 0 Å². The van der Waals surface area contributed by atoms with Gasteiger partial charge in [-0.05, 0) is 6.07 Å². The zero-order valence-electron chi connectivity index (χ0n) is 10.9.